The number of hydrogen-bond donors (Lipinski definition) is 2. The van der Waals surface area contributed by atoms with Crippen molar-refractivity contribution in [1.29, 1.82) is 0 Å². The van der Waals surface area contributed by atoms with Gasteiger partial charge in [-0.15, -0.1) is 0 Å². The van der Waals surface area contributed by atoms with Crippen molar-refractivity contribution in [3.63, 3.8) is 0 Å². The van der Waals surface area contributed by atoms with Gasteiger partial charge in [0.1, 0.15) is 12.4 Å². The smallest absolute Gasteiger partial charge is 0.317 e. The highest BCUT2D eigenvalue weighted by Gasteiger charge is 2.18. The molecule has 0 spiro atoms. The number of amides is 2. The summed E-state index contributed by atoms with van der Waals surface area (Å²) in [6, 6.07) is 7.61. The maximum atomic E-state index is 11.3. The van der Waals surface area contributed by atoms with E-state index >= 15 is 0 Å². The van der Waals surface area contributed by atoms with Gasteiger partial charge in [0.2, 0.25) is 0 Å². The van der Waals surface area contributed by atoms with Crippen LogP contribution in [0.3, 0.4) is 0 Å². The number of benzene rings is 1. The van der Waals surface area contributed by atoms with Crippen molar-refractivity contribution in [2.75, 3.05) is 26.2 Å². The minimum Gasteiger partial charge on any atom is -0.492 e. The third kappa shape index (κ3) is 3.88. The molecule has 0 aromatic heterocycles. The largest absolute Gasteiger partial charge is 0.492 e. The maximum absolute atomic E-state index is 11.3. The minimum atomic E-state index is -0.0253. The van der Waals surface area contributed by atoms with Gasteiger partial charge in [0.05, 0.1) is 12.3 Å². The van der Waals surface area contributed by atoms with Crippen molar-refractivity contribution in [3.8, 4) is 5.75 Å². The third-order valence-electron chi connectivity index (χ3n) is 3.13. The lowest BCUT2D eigenvalue weighted by Gasteiger charge is -2.14. The van der Waals surface area contributed by atoms with E-state index in [1.165, 1.54) is 0 Å². The molecule has 6 nitrogen and oxygen atoms in total. The van der Waals surface area contributed by atoms with Gasteiger partial charge in [-0.05, 0) is 24.6 Å². The van der Waals surface area contributed by atoms with Crippen LogP contribution in [0.25, 0.3) is 0 Å². The van der Waals surface area contributed by atoms with E-state index < -0.39 is 0 Å². The molecule has 1 aliphatic rings. The first-order valence-electron chi connectivity index (χ1n) is 6.61. The minimum absolute atomic E-state index is 0.0253. The van der Waals surface area contributed by atoms with E-state index in [1.54, 1.807) is 11.8 Å². The summed E-state index contributed by atoms with van der Waals surface area (Å²) >= 11 is 0. The second-order valence-electron chi connectivity index (χ2n) is 4.72. The molecule has 2 amide bonds. The second kappa shape index (κ2) is 6.79. The van der Waals surface area contributed by atoms with Crippen LogP contribution < -0.4 is 10.1 Å². The Hall–Kier alpha value is -2.24. The average molecular weight is 277 g/mol. The number of oxime groups is 1. The van der Waals surface area contributed by atoms with E-state index in [1.807, 2.05) is 24.3 Å². The van der Waals surface area contributed by atoms with Crippen molar-refractivity contribution in [2.24, 2.45) is 5.16 Å². The number of nitrogens with one attached hydrogen (secondary N) is 1. The molecule has 2 rings (SSSR count). The van der Waals surface area contributed by atoms with E-state index in [9.17, 15) is 4.79 Å². The molecule has 1 saturated heterocycles. The molecule has 20 heavy (non-hydrogen) atoms. The molecule has 108 valence electrons. The maximum Gasteiger partial charge on any atom is 0.317 e. The van der Waals surface area contributed by atoms with Gasteiger partial charge in [0, 0.05) is 19.5 Å². The van der Waals surface area contributed by atoms with Crippen LogP contribution in [0.15, 0.2) is 29.4 Å². The lowest BCUT2D eigenvalue weighted by atomic mass is 10.1. The van der Waals surface area contributed by atoms with E-state index in [0.29, 0.717) is 31.8 Å². The van der Waals surface area contributed by atoms with Gasteiger partial charge in [-0.3, -0.25) is 0 Å². The summed E-state index contributed by atoms with van der Waals surface area (Å²) < 4.78 is 5.60. The zero-order valence-electron chi connectivity index (χ0n) is 11.5. The molecule has 1 aromatic carbocycles. The Morgan fingerprint density at radius 2 is 2.20 bits per heavy atom. The normalized spacial score (nSPS) is 15.3. The van der Waals surface area contributed by atoms with Gasteiger partial charge >= 0.3 is 6.03 Å². The molecule has 1 aromatic rings. The predicted octanol–water partition coefficient (Wildman–Crippen LogP) is 1.48. The Kier molecular flexibility index (Phi) is 4.81. The standard InChI is InChI=1S/C14H19N3O3/c1-11(16-19)10-12-2-4-13(5-3-12)20-9-8-17-7-6-15-14(17)18/h2-5,19H,6-10H2,1H3,(H,15,18)/b16-11-. The van der Waals surface area contributed by atoms with E-state index in [0.717, 1.165) is 17.9 Å². The molecule has 0 aliphatic carbocycles. The van der Waals surface area contributed by atoms with Crippen LogP contribution in [0.1, 0.15) is 12.5 Å². The summed E-state index contributed by atoms with van der Waals surface area (Å²) in [5, 5.41) is 14.5. The molecule has 2 N–H and O–H groups in total. The highest BCUT2D eigenvalue weighted by Crippen LogP contribution is 2.13. The predicted molar refractivity (Wildman–Crippen MR) is 75.5 cm³/mol. The van der Waals surface area contributed by atoms with E-state index in [2.05, 4.69) is 10.5 Å². The first-order chi connectivity index (χ1) is 9.69. The molecule has 1 aliphatic heterocycles. The number of rotatable bonds is 6. The molecule has 0 unspecified atom stereocenters. The van der Waals surface area contributed by atoms with Gasteiger partial charge in [0.25, 0.3) is 0 Å². The van der Waals surface area contributed by atoms with Gasteiger partial charge in [-0.2, -0.15) is 0 Å². The lowest BCUT2D eigenvalue weighted by Crippen LogP contribution is -2.31. The summed E-state index contributed by atoms with van der Waals surface area (Å²) in [6.07, 6.45) is 0.616. The first kappa shape index (κ1) is 14.2. The van der Waals surface area contributed by atoms with Crippen molar-refractivity contribution < 1.29 is 14.7 Å². The average Bonchev–Trinajstić information content (AvgIpc) is 2.86. The van der Waals surface area contributed by atoms with Gasteiger partial charge in [-0.25, -0.2) is 4.79 Å². The second-order valence-corrected chi connectivity index (χ2v) is 4.72. The fourth-order valence-corrected chi connectivity index (χ4v) is 2.03. The van der Waals surface area contributed by atoms with E-state index in [4.69, 9.17) is 9.94 Å². The van der Waals surface area contributed by atoms with Crippen LogP contribution in [0.2, 0.25) is 0 Å². The van der Waals surface area contributed by atoms with Crippen molar-refractivity contribution in [1.82, 2.24) is 10.2 Å². The van der Waals surface area contributed by atoms with Crippen LogP contribution in [0.4, 0.5) is 4.79 Å². The number of hydrogen-bond acceptors (Lipinski definition) is 4. The lowest BCUT2D eigenvalue weighted by molar-refractivity contribution is 0.202. The Morgan fingerprint density at radius 1 is 1.45 bits per heavy atom. The van der Waals surface area contributed by atoms with Crippen LogP contribution in [-0.4, -0.2) is 48.1 Å². The van der Waals surface area contributed by atoms with Crippen molar-refractivity contribution in [2.45, 2.75) is 13.3 Å². The molecule has 0 bridgehead atoms. The quantitative estimate of drug-likeness (QED) is 0.470. The summed E-state index contributed by atoms with van der Waals surface area (Å²) in [6.45, 7) is 4.28. The Labute approximate surface area is 118 Å². The molecule has 1 fully saturated rings. The number of ether oxygens (including phenoxy) is 1. The van der Waals surface area contributed by atoms with Crippen molar-refractivity contribution >= 4 is 11.7 Å². The monoisotopic (exact) mass is 277 g/mol. The highest BCUT2D eigenvalue weighted by molar-refractivity contribution is 5.83. The topological polar surface area (TPSA) is 74.2 Å². The van der Waals surface area contributed by atoms with Gasteiger partial charge < -0.3 is 20.2 Å². The number of nitrogens with zero attached hydrogens (tertiary/aromatic N) is 2. The van der Waals surface area contributed by atoms with Crippen LogP contribution >= 0.6 is 0 Å². The van der Waals surface area contributed by atoms with Crippen LogP contribution in [-0.2, 0) is 6.42 Å². The van der Waals surface area contributed by atoms with Crippen molar-refractivity contribution in [3.05, 3.63) is 29.8 Å². The zero-order valence-corrected chi connectivity index (χ0v) is 11.5. The molecule has 0 atom stereocenters. The molecule has 0 saturated carbocycles. The fraction of sp³-hybridized carbons (Fsp3) is 0.429. The van der Waals surface area contributed by atoms with Crippen LogP contribution in [0, 0.1) is 0 Å². The van der Waals surface area contributed by atoms with Crippen LogP contribution in [0.5, 0.6) is 5.75 Å². The molecular weight excluding hydrogens is 258 g/mol. The number of carbonyl (C=O) groups is 1. The highest BCUT2D eigenvalue weighted by atomic mass is 16.5. The van der Waals surface area contributed by atoms with Gasteiger partial charge in [-0.1, -0.05) is 17.3 Å². The molecular formula is C14H19N3O3. The summed E-state index contributed by atoms with van der Waals surface area (Å²) in [4.78, 5) is 13.1. The third-order valence-corrected chi connectivity index (χ3v) is 3.13. The Morgan fingerprint density at radius 3 is 2.80 bits per heavy atom. The summed E-state index contributed by atoms with van der Waals surface area (Å²) in [5.41, 5.74) is 1.73. The fourth-order valence-electron chi connectivity index (χ4n) is 2.03. The zero-order chi connectivity index (χ0) is 14.4. The number of urea groups is 1. The van der Waals surface area contributed by atoms with E-state index in [-0.39, 0.29) is 6.03 Å². The molecule has 0 radical (unpaired) electrons. The first-order valence-corrected chi connectivity index (χ1v) is 6.61. The van der Waals surface area contributed by atoms with Gasteiger partial charge in [0.15, 0.2) is 0 Å². The molecule has 1 heterocycles. The summed E-state index contributed by atoms with van der Waals surface area (Å²) in [5.74, 6) is 0.770. The number of carbonyl (C=O) groups excluding carboxylic acids is 1. The Bertz CT molecular complexity index is 485. The molecule has 6 heteroatoms. The SMILES string of the molecule is C/C(Cc1ccc(OCCN2CCNC2=O)cc1)=N/O. The summed E-state index contributed by atoms with van der Waals surface area (Å²) in [7, 11) is 0. The Balaban J connectivity index is 1.77.